The molecule has 0 radical (unpaired) electrons. The van der Waals surface area contributed by atoms with Crippen LogP contribution in [0.3, 0.4) is 0 Å². The van der Waals surface area contributed by atoms with Crippen molar-refractivity contribution in [3.63, 3.8) is 0 Å². The van der Waals surface area contributed by atoms with Crippen molar-refractivity contribution in [2.75, 3.05) is 6.61 Å². The molecule has 0 N–H and O–H groups in total. The predicted molar refractivity (Wildman–Crippen MR) is 81.5 cm³/mol. The highest BCUT2D eigenvalue weighted by atomic mass is 16.5. The fourth-order valence-corrected chi connectivity index (χ4v) is 1.96. The lowest BCUT2D eigenvalue weighted by atomic mass is 10.0. The van der Waals surface area contributed by atoms with E-state index in [0.717, 1.165) is 24.1 Å². The molecule has 0 fully saturated rings. The van der Waals surface area contributed by atoms with Gasteiger partial charge in [-0.3, -0.25) is 9.59 Å². The number of carbonyl (C=O) groups excluding carboxylic acids is 2. The summed E-state index contributed by atoms with van der Waals surface area (Å²) in [6, 6.07) is 8.75. The van der Waals surface area contributed by atoms with Gasteiger partial charge in [0.1, 0.15) is 6.42 Å². The van der Waals surface area contributed by atoms with Crippen molar-refractivity contribution in [1.82, 2.24) is 5.16 Å². The number of hydrogen-bond acceptors (Lipinski definition) is 5. The maximum atomic E-state index is 12.1. The van der Waals surface area contributed by atoms with E-state index in [4.69, 9.17) is 9.26 Å². The van der Waals surface area contributed by atoms with Crippen molar-refractivity contribution in [3.8, 4) is 11.3 Å². The van der Waals surface area contributed by atoms with Crippen LogP contribution in [0.1, 0.15) is 42.2 Å². The quantitative estimate of drug-likeness (QED) is 0.338. The first kappa shape index (κ1) is 15.9. The molecule has 5 nitrogen and oxygen atoms in total. The van der Waals surface area contributed by atoms with Crippen LogP contribution in [0.5, 0.6) is 0 Å². The Balaban J connectivity index is 2.03. The molecule has 2 aromatic rings. The summed E-state index contributed by atoms with van der Waals surface area (Å²) in [7, 11) is 0. The minimum absolute atomic E-state index is 0.247. The Morgan fingerprint density at radius 3 is 2.77 bits per heavy atom. The van der Waals surface area contributed by atoms with Crippen molar-refractivity contribution in [3.05, 3.63) is 41.6 Å². The van der Waals surface area contributed by atoms with Gasteiger partial charge in [0, 0.05) is 17.2 Å². The molecular weight excluding hydrogens is 282 g/mol. The molecule has 0 bridgehead atoms. The van der Waals surface area contributed by atoms with Gasteiger partial charge in [-0.1, -0.05) is 36.7 Å². The second-order valence-corrected chi connectivity index (χ2v) is 5.09. The van der Waals surface area contributed by atoms with E-state index in [1.165, 1.54) is 0 Å². The van der Waals surface area contributed by atoms with E-state index in [0.29, 0.717) is 17.9 Å². The van der Waals surface area contributed by atoms with Crippen LogP contribution < -0.4 is 0 Å². The molecule has 0 unspecified atom stereocenters. The van der Waals surface area contributed by atoms with Crippen LogP contribution in [-0.4, -0.2) is 23.5 Å². The predicted octanol–water partition coefficient (Wildman–Crippen LogP) is 3.57. The molecule has 1 aromatic carbocycles. The molecule has 22 heavy (non-hydrogen) atoms. The number of ether oxygens (including phenoxy) is 1. The third kappa shape index (κ3) is 4.28. The van der Waals surface area contributed by atoms with Crippen molar-refractivity contribution >= 4 is 11.8 Å². The van der Waals surface area contributed by atoms with Crippen LogP contribution in [0.15, 0.2) is 34.9 Å². The molecule has 116 valence electrons. The Hall–Kier alpha value is -2.43. The molecule has 2 rings (SSSR count). The second-order valence-electron chi connectivity index (χ2n) is 5.09. The monoisotopic (exact) mass is 301 g/mol. The lowest BCUT2D eigenvalue weighted by Gasteiger charge is -2.04. The molecule has 0 aliphatic heterocycles. The number of benzene rings is 1. The first-order valence-electron chi connectivity index (χ1n) is 7.32. The van der Waals surface area contributed by atoms with Gasteiger partial charge in [0.25, 0.3) is 0 Å². The van der Waals surface area contributed by atoms with Crippen LogP contribution in [0, 0.1) is 6.92 Å². The molecule has 0 amide bonds. The van der Waals surface area contributed by atoms with Crippen LogP contribution in [0.25, 0.3) is 11.3 Å². The average molecular weight is 301 g/mol. The molecule has 0 aliphatic rings. The smallest absolute Gasteiger partial charge is 0.313 e. The van der Waals surface area contributed by atoms with E-state index >= 15 is 0 Å². The van der Waals surface area contributed by atoms with Gasteiger partial charge >= 0.3 is 5.97 Å². The number of aromatic nitrogens is 1. The normalized spacial score (nSPS) is 10.5. The molecule has 0 aliphatic carbocycles. The van der Waals surface area contributed by atoms with Gasteiger partial charge < -0.3 is 9.26 Å². The zero-order chi connectivity index (χ0) is 15.9. The van der Waals surface area contributed by atoms with Gasteiger partial charge in [-0.15, -0.1) is 0 Å². The van der Waals surface area contributed by atoms with E-state index in [9.17, 15) is 9.59 Å². The Labute approximate surface area is 129 Å². The molecule has 0 saturated carbocycles. The van der Waals surface area contributed by atoms with Gasteiger partial charge in [-0.2, -0.15) is 0 Å². The maximum absolute atomic E-state index is 12.1. The van der Waals surface area contributed by atoms with Crippen molar-refractivity contribution < 1.29 is 18.8 Å². The number of nitrogens with zero attached hydrogens (tertiary/aromatic N) is 1. The molecule has 0 saturated heterocycles. The minimum Gasteiger partial charge on any atom is -0.465 e. The summed E-state index contributed by atoms with van der Waals surface area (Å²) >= 11 is 0. The first-order chi connectivity index (χ1) is 10.6. The molecule has 1 heterocycles. The van der Waals surface area contributed by atoms with Gasteiger partial charge in [0.05, 0.1) is 12.3 Å². The number of Topliss-reactive ketones (excluding diaryl/α,β-unsaturated/α-hetero) is 1. The van der Waals surface area contributed by atoms with E-state index in [2.05, 4.69) is 5.16 Å². The summed E-state index contributed by atoms with van der Waals surface area (Å²) in [6.07, 6.45) is 1.50. The van der Waals surface area contributed by atoms with Crippen molar-refractivity contribution in [2.45, 2.75) is 33.1 Å². The number of ketones is 1. The highest BCUT2D eigenvalue weighted by molar-refractivity contribution is 6.06. The van der Waals surface area contributed by atoms with E-state index in [1.807, 2.05) is 19.9 Å². The van der Waals surface area contributed by atoms with E-state index in [1.54, 1.807) is 24.3 Å². The summed E-state index contributed by atoms with van der Waals surface area (Å²) in [5.74, 6) is -0.156. The Kier molecular flexibility index (Phi) is 5.47. The summed E-state index contributed by atoms with van der Waals surface area (Å²) in [4.78, 5) is 23.7. The Morgan fingerprint density at radius 2 is 2.09 bits per heavy atom. The number of unbranched alkanes of at least 4 members (excludes halogenated alkanes) is 1. The molecule has 5 heteroatoms. The van der Waals surface area contributed by atoms with Crippen LogP contribution in [0.4, 0.5) is 0 Å². The third-order valence-corrected chi connectivity index (χ3v) is 3.16. The van der Waals surface area contributed by atoms with Gasteiger partial charge in [0.2, 0.25) is 0 Å². The lowest BCUT2D eigenvalue weighted by molar-refractivity contribution is -0.142. The minimum atomic E-state index is -0.487. The topological polar surface area (TPSA) is 69.4 Å². The highest BCUT2D eigenvalue weighted by Crippen LogP contribution is 2.21. The van der Waals surface area contributed by atoms with Gasteiger partial charge in [-0.05, 0) is 19.4 Å². The van der Waals surface area contributed by atoms with Crippen molar-refractivity contribution in [2.24, 2.45) is 0 Å². The van der Waals surface area contributed by atoms with E-state index < -0.39 is 5.97 Å². The standard InChI is InChI=1S/C17H19NO4/c1-3-4-8-21-17(20)11-15(19)13-6-5-7-14(10-13)16-9-12(2)18-22-16/h5-7,9-10H,3-4,8,11H2,1-2H3. The maximum Gasteiger partial charge on any atom is 0.313 e. The van der Waals surface area contributed by atoms with E-state index in [-0.39, 0.29) is 12.2 Å². The van der Waals surface area contributed by atoms with Gasteiger partial charge in [-0.25, -0.2) is 0 Å². The number of esters is 1. The summed E-state index contributed by atoms with van der Waals surface area (Å²) in [5, 5.41) is 3.82. The Morgan fingerprint density at radius 1 is 1.27 bits per heavy atom. The van der Waals surface area contributed by atoms with Crippen LogP contribution in [-0.2, 0) is 9.53 Å². The number of rotatable bonds is 7. The highest BCUT2D eigenvalue weighted by Gasteiger charge is 2.14. The zero-order valence-corrected chi connectivity index (χ0v) is 12.8. The first-order valence-corrected chi connectivity index (χ1v) is 7.32. The lowest BCUT2D eigenvalue weighted by Crippen LogP contribution is -2.12. The second kappa shape index (κ2) is 7.54. The zero-order valence-electron chi connectivity index (χ0n) is 12.8. The van der Waals surface area contributed by atoms with Gasteiger partial charge in [0.15, 0.2) is 11.5 Å². The Bertz CT molecular complexity index is 660. The van der Waals surface area contributed by atoms with Crippen molar-refractivity contribution in [1.29, 1.82) is 0 Å². The summed E-state index contributed by atoms with van der Waals surface area (Å²) in [5.41, 5.74) is 1.98. The largest absolute Gasteiger partial charge is 0.465 e. The van der Waals surface area contributed by atoms with Crippen LogP contribution >= 0.6 is 0 Å². The number of aryl methyl sites for hydroxylation is 1. The molecule has 0 atom stereocenters. The summed E-state index contributed by atoms with van der Waals surface area (Å²) < 4.78 is 10.2. The summed E-state index contributed by atoms with van der Waals surface area (Å²) in [6.45, 7) is 4.20. The number of carbonyl (C=O) groups is 2. The fraction of sp³-hybridized carbons (Fsp3) is 0.353. The average Bonchev–Trinajstić information content (AvgIpc) is 2.94. The third-order valence-electron chi connectivity index (χ3n) is 3.16. The molecular formula is C17H19NO4. The van der Waals surface area contributed by atoms with Crippen LogP contribution in [0.2, 0.25) is 0 Å². The molecule has 0 spiro atoms. The molecule has 1 aromatic heterocycles. The number of hydrogen-bond donors (Lipinski definition) is 0. The fourth-order valence-electron chi connectivity index (χ4n) is 1.96. The SMILES string of the molecule is CCCCOC(=O)CC(=O)c1cccc(-c2cc(C)no2)c1.